The van der Waals surface area contributed by atoms with E-state index >= 15 is 0 Å². The summed E-state index contributed by atoms with van der Waals surface area (Å²) in [5.41, 5.74) is 14.6. The first-order valence-electron chi connectivity index (χ1n) is 4.46. The molecule has 1 rings (SSSR count). The first-order valence-corrected chi connectivity index (χ1v) is 4.46. The van der Waals surface area contributed by atoms with Crippen molar-refractivity contribution < 1.29 is 9.90 Å². The van der Waals surface area contributed by atoms with Gasteiger partial charge in [0.25, 0.3) is 0 Å². The van der Waals surface area contributed by atoms with Crippen LogP contribution in [0.5, 0.6) is 0 Å². The molecule has 0 saturated carbocycles. The maximum atomic E-state index is 10.8. The average molecular weight is 218 g/mol. The number of anilines is 1. The minimum atomic E-state index is -1.07. The van der Waals surface area contributed by atoms with E-state index in [0.29, 0.717) is 5.56 Å². The Morgan fingerprint density at radius 3 is 3.00 bits per heavy atom. The number of benzene rings is 1. The van der Waals surface area contributed by atoms with Gasteiger partial charge in [-0.3, -0.25) is 0 Å². The van der Waals surface area contributed by atoms with Crippen molar-refractivity contribution in [3.8, 4) is 0 Å². The summed E-state index contributed by atoms with van der Waals surface area (Å²) >= 11 is 0. The van der Waals surface area contributed by atoms with Gasteiger partial charge in [-0.25, -0.2) is 4.79 Å². The van der Waals surface area contributed by atoms with Crippen LogP contribution in [0, 0.1) is 0 Å². The van der Waals surface area contributed by atoms with Gasteiger partial charge in [-0.05, 0) is 17.2 Å². The van der Waals surface area contributed by atoms with Crippen LogP contribution in [0.15, 0.2) is 29.4 Å². The van der Waals surface area contributed by atoms with Crippen LogP contribution < -0.4 is 5.73 Å². The van der Waals surface area contributed by atoms with E-state index in [1.54, 1.807) is 24.3 Å². The third kappa shape index (κ3) is 2.76. The molecule has 1 aromatic rings. The van der Waals surface area contributed by atoms with Crippen LogP contribution in [0.25, 0.3) is 16.5 Å². The molecule has 0 fully saturated rings. The molecule has 6 heteroatoms. The van der Waals surface area contributed by atoms with Crippen LogP contribution in [0.3, 0.4) is 0 Å². The Labute approximate surface area is 91.6 Å². The molecule has 6 nitrogen and oxygen atoms in total. The molecule has 0 aliphatic carbocycles. The van der Waals surface area contributed by atoms with Gasteiger partial charge >= 0.3 is 5.97 Å². The molecule has 0 saturated heterocycles. The lowest BCUT2D eigenvalue weighted by atomic mass is 10.1. The van der Waals surface area contributed by atoms with Crippen LogP contribution >= 0.6 is 0 Å². The molecule has 3 N–H and O–H groups in total. The zero-order valence-corrected chi connectivity index (χ0v) is 8.37. The number of carbonyl (C=O) groups is 1. The van der Waals surface area contributed by atoms with Crippen LogP contribution in [-0.2, 0) is 0 Å². The Hall–Kier alpha value is -2.46. The minimum absolute atomic E-state index is 0.0611. The first kappa shape index (κ1) is 11.6. The first-order chi connectivity index (χ1) is 7.66. The van der Waals surface area contributed by atoms with E-state index < -0.39 is 5.97 Å². The highest BCUT2D eigenvalue weighted by Crippen LogP contribution is 2.18. The number of aromatic carboxylic acids is 1. The number of hydrogen-bond donors (Lipinski definition) is 2. The maximum Gasteiger partial charge on any atom is 0.337 e. The number of hydrogen-bond acceptors (Lipinski definition) is 3. The van der Waals surface area contributed by atoms with Gasteiger partial charge in [0.05, 0.1) is 11.3 Å². The van der Waals surface area contributed by atoms with E-state index in [1.165, 1.54) is 6.07 Å². The average Bonchev–Trinajstić information content (AvgIpc) is 2.26. The third-order valence-corrected chi connectivity index (χ3v) is 1.92. The summed E-state index contributed by atoms with van der Waals surface area (Å²) in [4.78, 5) is 13.4. The number of azide groups is 1. The lowest BCUT2D eigenvalue weighted by Crippen LogP contribution is -2.03. The molecule has 16 heavy (non-hydrogen) atoms. The van der Waals surface area contributed by atoms with Crippen molar-refractivity contribution >= 4 is 17.7 Å². The Bertz CT molecular complexity index is 476. The number of rotatable bonds is 4. The molecule has 0 spiro atoms. The topological polar surface area (TPSA) is 112 Å². The zero-order valence-electron chi connectivity index (χ0n) is 8.37. The van der Waals surface area contributed by atoms with Crippen LogP contribution in [0.4, 0.5) is 5.69 Å². The van der Waals surface area contributed by atoms with Crippen LogP contribution in [0.2, 0.25) is 0 Å². The molecule has 0 bridgehead atoms. The standard InChI is InChI=1S/C10H10N4O2/c11-9-7(4-2-6-13-14-12)3-1-5-8(9)10(15)16/h1-5H,6,11H2,(H,15,16). The number of nitrogens with zero attached hydrogens (tertiary/aromatic N) is 3. The summed E-state index contributed by atoms with van der Waals surface area (Å²) in [5.74, 6) is -1.07. The zero-order chi connectivity index (χ0) is 12.0. The summed E-state index contributed by atoms with van der Waals surface area (Å²) in [6.07, 6.45) is 3.23. The highest BCUT2D eigenvalue weighted by atomic mass is 16.4. The van der Waals surface area contributed by atoms with E-state index in [9.17, 15) is 4.79 Å². The lowest BCUT2D eigenvalue weighted by Gasteiger charge is -2.03. The summed E-state index contributed by atoms with van der Waals surface area (Å²) in [6.45, 7) is 0.202. The second-order valence-corrected chi connectivity index (χ2v) is 2.93. The fraction of sp³-hybridized carbons (Fsp3) is 0.100. The van der Waals surface area contributed by atoms with Crippen LogP contribution in [0.1, 0.15) is 15.9 Å². The number of carboxylic acids is 1. The van der Waals surface area contributed by atoms with Gasteiger partial charge in [0, 0.05) is 11.5 Å². The molecule has 0 atom stereocenters. The monoisotopic (exact) mass is 218 g/mol. The van der Waals surface area contributed by atoms with Gasteiger partial charge in [0.15, 0.2) is 0 Å². The van der Waals surface area contributed by atoms with Crippen molar-refractivity contribution in [2.24, 2.45) is 5.11 Å². The smallest absolute Gasteiger partial charge is 0.337 e. The Morgan fingerprint density at radius 1 is 1.62 bits per heavy atom. The van der Waals surface area contributed by atoms with Crippen molar-refractivity contribution in [1.29, 1.82) is 0 Å². The second kappa shape index (κ2) is 5.43. The summed E-state index contributed by atoms with van der Waals surface area (Å²) in [6, 6.07) is 4.73. The largest absolute Gasteiger partial charge is 0.478 e. The SMILES string of the molecule is [N-]=[N+]=NCC=Cc1cccc(C(=O)O)c1N. The molecule has 0 amide bonds. The fourth-order valence-corrected chi connectivity index (χ4v) is 1.18. The number of para-hydroxylation sites is 1. The normalized spacial score (nSPS) is 10.0. The fourth-order valence-electron chi connectivity index (χ4n) is 1.18. The van der Waals surface area contributed by atoms with Crippen LogP contribution in [-0.4, -0.2) is 17.6 Å². The molecule has 0 radical (unpaired) electrons. The van der Waals surface area contributed by atoms with Gasteiger partial charge in [0.2, 0.25) is 0 Å². The molecule has 0 aliphatic rings. The maximum absolute atomic E-state index is 10.8. The molecule has 0 heterocycles. The lowest BCUT2D eigenvalue weighted by molar-refractivity contribution is 0.0698. The van der Waals surface area contributed by atoms with Gasteiger partial charge in [-0.1, -0.05) is 29.4 Å². The molecule has 0 aromatic heterocycles. The van der Waals surface area contributed by atoms with Gasteiger partial charge in [-0.15, -0.1) is 0 Å². The van der Waals surface area contributed by atoms with Crippen molar-refractivity contribution in [3.05, 3.63) is 45.8 Å². The third-order valence-electron chi connectivity index (χ3n) is 1.92. The molecule has 0 aliphatic heterocycles. The molecular formula is C10H10N4O2. The Morgan fingerprint density at radius 2 is 2.38 bits per heavy atom. The Balaban J connectivity index is 2.97. The van der Waals surface area contributed by atoms with Gasteiger partial charge in [0.1, 0.15) is 0 Å². The van der Waals surface area contributed by atoms with Crippen molar-refractivity contribution in [3.63, 3.8) is 0 Å². The highest BCUT2D eigenvalue weighted by molar-refractivity contribution is 5.95. The highest BCUT2D eigenvalue weighted by Gasteiger charge is 2.08. The predicted octanol–water partition coefficient (Wildman–Crippen LogP) is 2.29. The van der Waals surface area contributed by atoms with E-state index in [0.717, 1.165) is 0 Å². The van der Waals surface area contributed by atoms with Crippen molar-refractivity contribution in [1.82, 2.24) is 0 Å². The molecule has 82 valence electrons. The van der Waals surface area contributed by atoms with Crippen molar-refractivity contribution in [2.75, 3.05) is 12.3 Å². The summed E-state index contributed by atoms with van der Waals surface area (Å²) in [5, 5.41) is 12.1. The quantitative estimate of drug-likeness (QED) is 0.350. The van der Waals surface area contributed by atoms with E-state index in [2.05, 4.69) is 10.0 Å². The van der Waals surface area contributed by atoms with E-state index in [1.807, 2.05) is 0 Å². The predicted molar refractivity (Wildman–Crippen MR) is 60.9 cm³/mol. The van der Waals surface area contributed by atoms with Gasteiger partial charge < -0.3 is 10.8 Å². The number of nitrogens with two attached hydrogens (primary N) is 1. The van der Waals surface area contributed by atoms with Gasteiger partial charge in [-0.2, -0.15) is 0 Å². The summed E-state index contributed by atoms with van der Waals surface area (Å²) in [7, 11) is 0. The molecular weight excluding hydrogens is 208 g/mol. The second-order valence-electron chi connectivity index (χ2n) is 2.93. The van der Waals surface area contributed by atoms with Crippen molar-refractivity contribution in [2.45, 2.75) is 0 Å². The summed E-state index contributed by atoms with van der Waals surface area (Å²) < 4.78 is 0. The molecule has 1 aromatic carbocycles. The number of nitrogen functional groups attached to an aromatic ring is 1. The molecule has 0 unspecified atom stereocenters. The van der Waals surface area contributed by atoms with E-state index in [-0.39, 0.29) is 17.8 Å². The van der Waals surface area contributed by atoms with E-state index in [4.69, 9.17) is 16.4 Å². The number of carboxylic acid groups (broad SMARTS) is 1. The Kier molecular flexibility index (Phi) is 3.94. The minimum Gasteiger partial charge on any atom is -0.478 e.